The van der Waals surface area contributed by atoms with Crippen LogP contribution in [0.1, 0.15) is 368 Å². The van der Waals surface area contributed by atoms with Crippen LogP contribution in [0.3, 0.4) is 0 Å². The number of carbonyl (C=O) groups is 4. The fraction of sp³-hybridized carbons (Fsp3) is 0.892. The van der Waals surface area contributed by atoms with Crippen LogP contribution in [-0.2, 0) is 65.4 Å². The Morgan fingerprint density at radius 2 is 0.516 bits per heavy atom. The summed E-state index contributed by atoms with van der Waals surface area (Å²) < 4.78 is 68.3. The number of carbonyl (C=O) groups excluding carboxylic acids is 4. The molecular weight excluding hydrogens is 1220 g/mol. The predicted molar refractivity (Wildman–Crippen MR) is 377 cm³/mol. The molecule has 0 amide bonds. The van der Waals surface area contributed by atoms with Gasteiger partial charge in [0.1, 0.15) is 19.3 Å². The topological polar surface area (TPSA) is 237 Å². The number of aliphatic hydroxyl groups is 1. The van der Waals surface area contributed by atoms with Gasteiger partial charge in [-0.3, -0.25) is 37.3 Å². The van der Waals surface area contributed by atoms with Gasteiger partial charge in [0.2, 0.25) is 0 Å². The second-order valence-corrected chi connectivity index (χ2v) is 28.9. The molecule has 0 aliphatic heterocycles. The molecule has 0 aromatic carbocycles. The molecular formula is C74H140O17P2. The van der Waals surface area contributed by atoms with E-state index in [9.17, 15) is 43.2 Å². The van der Waals surface area contributed by atoms with Gasteiger partial charge >= 0.3 is 39.5 Å². The van der Waals surface area contributed by atoms with Crippen molar-refractivity contribution in [3.05, 3.63) is 24.3 Å². The summed E-state index contributed by atoms with van der Waals surface area (Å²) in [6, 6.07) is 0. The Bertz CT molecular complexity index is 1870. The lowest BCUT2D eigenvalue weighted by Gasteiger charge is -2.21. The van der Waals surface area contributed by atoms with Gasteiger partial charge in [0, 0.05) is 25.7 Å². The number of phosphoric ester groups is 2. The van der Waals surface area contributed by atoms with Crippen molar-refractivity contribution in [2.45, 2.75) is 386 Å². The van der Waals surface area contributed by atoms with E-state index in [-0.39, 0.29) is 25.7 Å². The molecule has 5 atom stereocenters. The first-order chi connectivity index (χ1) is 45.2. The number of hydrogen-bond acceptors (Lipinski definition) is 15. The molecule has 0 saturated heterocycles. The van der Waals surface area contributed by atoms with Crippen molar-refractivity contribution in [1.82, 2.24) is 0 Å². The first-order valence-corrected chi connectivity index (χ1v) is 41.1. The Kier molecular flexibility index (Phi) is 66.3. The number of phosphoric acid groups is 2. The molecule has 93 heavy (non-hydrogen) atoms. The molecule has 0 spiro atoms. The largest absolute Gasteiger partial charge is 0.472 e. The Balaban J connectivity index is 5.25. The molecule has 0 radical (unpaired) electrons. The zero-order valence-corrected chi connectivity index (χ0v) is 61.5. The van der Waals surface area contributed by atoms with E-state index in [2.05, 4.69) is 52.0 Å². The van der Waals surface area contributed by atoms with E-state index in [0.29, 0.717) is 25.7 Å². The molecule has 2 unspecified atom stereocenters. The van der Waals surface area contributed by atoms with Gasteiger partial charge in [-0.1, -0.05) is 315 Å². The van der Waals surface area contributed by atoms with Gasteiger partial charge in [0.05, 0.1) is 26.4 Å². The molecule has 3 N–H and O–H groups in total. The highest BCUT2D eigenvalue weighted by molar-refractivity contribution is 7.47. The average molecular weight is 1360 g/mol. The van der Waals surface area contributed by atoms with Crippen LogP contribution in [0.2, 0.25) is 0 Å². The maximum absolute atomic E-state index is 13.0. The number of hydrogen-bond donors (Lipinski definition) is 3. The van der Waals surface area contributed by atoms with Gasteiger partial charge < -0.3 is 33.8 Å². The third-order valence-electron chi connectivity index (χ3n) is 16.7. The number of unbranched alkanes of at least 4 members (excludes halogenated alkanes) is 44. The van der Waals surface area contributed by atoms with Gasteiger partial charge in [0.25, 0.3) is 0 Å². The fourth-order valence-corrected chi connectivity index (χ4v) is 12.4. The molecule has 0 heterocycles. The van der Waals surface area contributed by atoms with Crippen LogP contribution in [0.4, 0.5) is 0 Å². The fourth-order valence-electron chi connectivity index (χ4n) is 10.9. The third-order valence-corrected chi connectivity index (χ3v) is 18.6. The molecule has 0 fully saturated rings. The summed E-state index contributed by atoms with van der Waals surface area (Å²) in [5, 5.41) is 10.6. The molecule has 19 heteroatoms. The Labute approximate surface area is 567 Å². The monoisotopic (exact) mass is 1360 g/mol. The summed E-state index contributed by atoms with van der Waals surface area (Å²) >= 11 is 0. The molecule has 0 bridgehead atoms. The Morgan fingerprint density at radius 1 is 0.301 bits per heavy atom. The highest BCUT2D eigenvalue weighted by Crippen LogP contribution is 2.45. The van der Waals surface area contributed by atoms with Crippen LogP contribution in [0.15, 0.2) is 24.3 Å². The lowest BCUT2D eigenvalue weighted by Crippen LogP contribution is -2.30. The molecule has 17 nitrogen and oxygen atoms in total. The lowest BCUT2D eigenvalue weighted by molar-refractivity contribution is -0.161. The van der Waals surface area contributed by atoms with Crippen molar-refractivity contribution in [3.63, 3.8) is 0 Å². The van der Waals surface area contributed by atoms with Crippen molar-refractivity contribution in [1.29, 1.82) is 0 Å². The van der Waals surface area contributed by atoms with Crippen LogP contribution < -0.4 is 0 Å². The number of rotatable bonds is 73. The number of aliphatic hydroxyl groups excluding tert-OH is 1. The molecule has 0 aliphatic rings. The zero-order chi connectivity index (χ0) is 68.2. The van der Waals surface area contributed by atoms with Crippen molar-refractivity contribution < 1.29 is 80.2 Å². The van der Waals surface area contributed by atoms with E-state index >= 15 is 0 Å². The van der Waals surface area contributed by atoms with E-state index < -0.39 is 97.5 Å². The van der Waals surface area contributed by atoms with E-state index in [1.165, 1.54) is 180 Å². The average Bonchev–Trinajstić information content (AvgIpc) is 3.37. The van der Waals surface area contributed by atoms with Gasteiger partial charge in [-0.05, 0) is 51.4 Å². The van der Waals surface area contributed by atoms with Gasteiger partial charge in [-0.2, -0.15) is 0 Å². The van der Waals surface area contributed by atoms with Crippen LogP contribution in [-0.4, -0.2) is 96.7 Å². The predicted octanol–water partition coefficient (Wildman–Crippen LogP) is 21.4. The first kappa shape index (κ1) is 90.5. The van der Waals surface area contributed by atoms with E-state index in [0.717, 1.165) is 109 Å². The minimum absolute atomic E-state index is 0.0860. The van der Waals surface area contributed by atoms with E-state index in [1.54, 1.807) is 0 Å². The normalized spacial score (nSPS) is 14.1. The first-order valence-electron chi connectivity index (χ1n) is 38.1. The summed E-state index contributed by atoms with van der Waals surface area (Å²) in [6.45, 7) is 4.89. The molecule has 0 aliphatic carbocycles. The van der Waals surface area contributed by atoms with Crippen LogP contribution in [0, 0.1) is 0 Å². The Hall–Kier alpha value is -2.46. The number of esters is 4. The standard InChI is InChI=1S/C74H140O17P2/c1-5-9-13-17-21-25-28-31-34-37-40-43-47-51-55-59-72(77)85-65-70(91-74(79)61-57-53-49-45-42-39-36-33-30-27-23-19-15-11-7-3)67-89-93(82,83)87-63-68(75)62-86-92(80,81)88-66-69(64-84-71(76)58-54-50-46-24-20-16-12-8-4)90-73(78)60-56-52-48-44-41-38-35-32-29-26-22-18-14-10-6-2/h27,30,33,36,68-70,75H,5-26,28-29,31-32,34-35,37-67H2,1-4H3,(H,80,81)(H,82,83)/b30-27-,36-33-/t68-,69+,70+/m0/s1. The highest BCUT2D eigenvalue weighted by atomic mass is 31.2. The number of ether oxygens (including phenoxy) is 4. The SMILES string of the molecule is CCCCCC/C=C\C=C/CCCCCCCC(=O)O[C@H](COC(=O)CCCCCCCCCCCCCCCCC)COP(=O)(O)OC[C@@H](O)COP(=O)(O)OC[C@@H](COC(=O)CCCCCCCCCC)OC(=O)CCCCCCCCCCCCCCCCC. The maximum Gasteiger partial charge on any atom is 0.472 e. The maximum atomic E-state index is 13.0. The minimum atomic E-state index is -4.96. The minimum Gasteiger partial charge on any atom is -0.462 e. The highest BCUT2D eigenvalue weighted by Gasteiger charge is 2.30. The van der Waals surface area contributed by atoms with Crippen molar-refractivity contribution in [3.8, 4) is 0 Å². The second kappa shape index (κ2) is 68.1. The lowest BCUT2D eigenvalue weighted by atomic mass is 10.0. The number of allylic oxidation sites excluding steroid dienone is 4. The molecule has 0 rings (SSSR count). The van der Waals surface area contributed by atoms with Crippen LogP contribution in [0.5, 0.6) is 0 Å². The third kappa shape index (κ3) is 67.9. The summed E-state index contributed by atoms with van der Waals surface area (Å²) in [5.74, 6) is -2.15. The molecule has 0 aromatic rings. The summed E-state index contributed by atoms with van der Waals surface area (Å²) in [5.41, 5.74) is 0. The van der Waals surface area contributed by atoms with Crippen LogP contribution in [0.25, 0.3) is 0 Å². The Morgan fingerprint density at radius 3 is 0.785 bits per heavy atom. The molecule has 548 valence electrons. The van der Waals surface area contributed by atoms with Crippen molar-refractivity contribution >= 4 is 39.5 Å². The summed E-state index contributed by atoms with van der Waals surface area (Å²) in [6.07, 6.45) is 60.4. The van der Waals surface area contributed by atoms with Crippen molar-refractivity contribution in [2.24, 2.45) is 0 Å². The van der Waals surface area contributed by atoms with Crippen LogP contribution >= 0.6 is 15.6 Å². The van der Waals surface area contributed by atoms with Gasteiger partial charge in [0.15, 0.2) is 12.2 Å². The second-order valence-electron chi connectivity index (χ2n) is 26.0. The molecule has 0 aromatic heterocycles. The zero-order valence-electron chi connectivity index (χ0n) is 59.7. The van der Waals surface area contributed by atoms with Gasteiger partial charge in [-0.25, -0.2) is 9.13 Å². The summed E-state index contributed by atoms with van der Waals surface area (Å²) in [7, 11) is -9.91. The van der Waals surface area contributed by atoms with E-state index in [4.69, 9.17) is 37.0 Å². The van der Waals surface area contributed by atoms with Gasteiger partial charge in [-0.15, -0.1) is 0 Å². The quantitative estimate of drug-likeness (QED) is 0.0169. The smallest absolute Gasteiger partial charge is 0.462 e. The van der Waals surface area contributed by atoms with E-state index in [1.807, 2.05) is 0 Å². The molecule has 0 saturated carbocycles. The van der Waals surface area contributed by atoms with Crippen molar-refractivity contribution in [2.75, 3.05) is 39.6 Å². The summed E-state index contributed by atoms with van der Waals surface area (Å²) in [4.78, 5) is 72.6.